The zero-order chi connectivity index (χ0) is 20.0. The van der Waals surface area contributed by atoms with Crippen molar-refractivity contribution in [3.8, 4) is 0 Å². The number of carbonyl (C=O) groups excluding carboxylic acids is 3. The highest BCUT2D eigenvalue weighted by Crippen LogP contribution is 2.26. The van der Waals surface area contributed by atoms with Crippen LogP contribution in [0.4, 0.5) is 4.79 Å². The maximum atomic E-state index is 12.7. The molecule has 0 atom stereocenters. The van der Waals surface area contributed by atoms with Crippen LogP contribution in [-0.2, 0) is 29.3 Å². The van der Waals surface area contributed by atoms with E-state index in [0.29, 0.717) is 4.47 Å². The quantitative estimate of drug-likeness (QED) is 0.420. The highest BCUT2D eigenvalue weighted by Gasteiger charge is 2.54. The molecule has 0 radical (unpaired) electrons. The van der Waals surface area contributed by atoms with Crippen molar-refractivity contribution >= 4 is 34.0 Å². The van der Waals surface area contributed by atoms with Gasteiger partial charge >= 0.3 is 18.0 Å². The Balaban J connectivity index is 3.47. The molecule has 0 aromatic carbocycles. The van der Waals surface area contributed by atoms with Crippen LogP contribution in [-0.4, -0.2) is 41.8 Å². The molecular weight excluding hydrogens is 408 g/mol. The zero-order valence-electron chi connectivity index (χ0n) is 15.4. The lowest BCUT2D eigenvalue weighted by Gasteiger charge is -2.30. The smallest absolute Gasteiger partial charge is 0.409 e. The van der Waals surface area contributed by atoms with Crippen molar-refractivity contribution in [3.05, 3.63) is 28.5 Å². The van der Waals surface area contributed by atoms with Crippen molar-refractivity contribution in [1.29, 1.82) is 0 Å². The van der Waals surface area contributed by atoms with E-state index in [4.69, 9.17) is 14.2 Å². The summed E-state index contributed by atoms with van der Waals surface area (Å²) in [6, 6.07) is 2.99. The fourth-order valence-corrected chi connectivity index (χ4v) is 2.23. The molecule has 8 nitrogen and oxygen atoms in total. The molecular formula is C17H23BrN2O6. The summed E-state index contributed by atoms with van der Waals surface area (Å²) in [4.78, 5) is 41.9. The summed E-state index contributed by atoms with van der Waals surface area (Å²) in [6.45, 7) is 8.11. The molecule has 0 unspecified atom stereocenters. The molecule has 0 spiro atoms. The van der Waals surface area contributed by atoms with E-state index in [9.17, 15) is 14.4 Å². The van der Waals surface area contributed by atoms with Crippen LogP contribution < -0.4 is 5.32 Å². The van der Waals surface area contributed by atoms with Gasteiger partial charge in [-0.15, -0.1) is 0 Å². The van der Waals surface area contributed by atoms with E-state index in [-0.39, 0.29) is 18.9 Å². The summed E-state index contributed by atoms with van der Waals surface area (Å²) in [6.07, 6.45) is 0.405. The number of hydrogen-bond donors (Lipinski definition) is 1. The van der Waals surface area contributed by atoms with E-state index in [1.165, 1.54) is 12.3 Å². The monoisotopic (exact) mass is 430 g/mol. The first kappa shape index (κ1) is 21.9. The number of esters is 2. The molecule has 9 heteroatoms. The summed E-state index contributed by atoms with van der Waals surface area (Å²) < 4.78 is 15.9. The van der Waals surface area contributed by atoms with Crippen LogP contribution in [0.5, 0.6) is 0 Å². The van der Waals surface area contributed by atoms with Gasteiger partial charge in [0.15, 0.2) is 0 Å². The lowest BCUT2D eigenvalue weighted by atomic mass is 9.94. The number of alkyl carbamates (subject to hydrolysis) is 1. The Kier molecular flexibility index (Phi) is 7.55. The maximum absolute atomic E-state index is 12.7. The molecule has 0 aliphatic rings. The summed E-state index contributed by atoms with van der Waals surface area (Å²) in [7, 11) is 0. The normalized spacial score (nSPS) is 11.5. The summed E-state index contributed by atoms with van der Waals surface area (Å²) in [5.41, 5.74) is -3.18. The number of carbonyl (C=O) groups is 3. The molecule has 144 valence electrons. The SMILES string of the molecule is CCOC(=O)C(NC(=O)OC(C)(C)C)(C(=O)OCC)c1ccc(Br)cn1. The van der Waals surface area contributed by atoms with Crippen molar-refractivity contribution in [2.45, 2.75) is 45.8 Å². The number of amides is 1. The van der Waals surface area contributed by atoms with Crippen molar-refractivity contribution in [2.75, 3.05) is 13.2 Å². The highest BCUT2D eigenvalue weighted by atomic mass is 79.9. The Bertz CT molecular complexity index is 636. The van der Waals surface area contributed by atoms with Crippen molar-refractivity contribution < 1.29 is 28.6 Å². The van der Waals surface area contributed by atoms with Crippen LogP contribution in [0.2, 0.25) is 0 Å². The zero-order valence-corrected chi connectivity index (χ0v) is 17.0. The number of nitrogens with zero attached hydrogens (tertiary/aromatic N) is 1. The van der Waals surface area contributed by atoms with Gasteiger partial charge in [-0.3, -0.25) is 10.3 Å². The van der Waals surface area contributed by atoms with Gasteiger partial charge in [-0.2, -0.15) is 0 Å². The minimum Gasteiger partial charge on any atom is -0.463 e. The summed E-state index contributed by atoms with van der Waals surface area (Å²) in [5.74, 6) is -2.03. The highest BCUT2D eigenvalue weighted by molar-refractivity contribution is 9.10. The van der Waals surface area contributed by atoms with Crippen LogP contribution >= 0.6 is 15.9 Å². The molecule has 0 bridgehead atoms. The fraction of sp³-hybridized carbons (Fsp3) is 0.529. The molecule has 0 aliphatic carbocycles. The minimum atomic E-state index is -2.28. The number of halogens is 1. The van der Waals surface area contributed by atoms with E-state index in [0.717, 1.165) is 0 Å². The first-order chi connectivity index (χ1) is 12.1. The summed E-state index contributed by atoms with van der Waals surface area (Å²) >= 11 is 3.23. The molecule has 1 rings (SSSR count). The standard InChI is InChI=1S/C17H23BrN2O6/c1-6-24-13(21)17(14(22)25-7-2,12-9-8-11(18)10-19-12)20-15(23)26-16(3,4)5/h8-10H,6-7H2,1-5H3,(H,20,23). The number of aromatic nitrogens is 1. The number of nitrogens with one attached hydrogen (secondary N) is 1. The fourth-order valence-electron chi connectivity index (χ4n) is 1.99. The minimum absolute atomic E-state index is 0.00743. The van der Waals surface area contributed by atoms with Crippen molar-refractivity contribution in [1.82, 2.24) is 10.3 Å². The van der Waals surface area contributed by atoms with E-state index >= 15 is 0 Å². The first-order valence-electron chi connectivity index (χ1n) is 8.04. The number of hydrogen-bond acceptors (Lipinski definition) is 7. The second-order valence-electron chi connectivity index (χ2n) is 6.18. The Morgan fingerprint density at radius 2 is 1.62 bits per heavy atom. The van der Waals surface area contributed by atoms with Gasteiger partial charge in [0.1, 0.15) is 5.60 Å². The molecule has 0 fully saturated rings. The molecule has 0 saturated carbocycles. The molecule has 0 saturated heterocycles. The third-order valence-electron chi connectivity index (χ3n) is 2.96. The Hall–Kier alpha value is -2.16. The number of pyridine rings is 1. The lowest BCUT2D eigenvalue weighted by molar-refractivity contribution is -0.167. The third-order valence-corrected chi connectivity index (χ3v) is 3.43. The van der Waals surface area contributed by atoms with E-state index in [1.54, 1.807) is 40.7 Å². The van der Waals surface area contributed by atoms with Gasteiger partial charge in [0, 0.05) is 10.7 Å². The Morgan fingerprint density at radius 3 is 2.00 bits per heavy atom. The predicted octanol–water partition coefficient (Wildman–Crippen LogP) is 2.69. The average molecular weight is 431 g/mol. The molecule has 1 amide bonds. The van der Waals surface area contributed by atoms with Gasteiger partial charge in [-0.05, 0) is 62.7 Å². The van der Waals surface area contributed by atoms with Crippen LogP contribution in [0.25, 0.3) is 0 Å². The van der Waals surface area contributed by atoms with Crippen LogP contribution in [0.1, 0.15) is 40.3 Å². The van der Waals surface area contributed by atoms with Crippen LogP contribution in [0, 0.1) is 0 Å². The summed E-state index contributed by atoms with van der Waals surface area (Å²) in [5, 5.41) is 2.30. The molecule has 1 aromatic rings. The van der Waals surface area contributed by atoms with Crippen molar-refractivity contribution in [3.63, 3.8) is 0 Å². The van der Waals surface area contributed by atoms with Gasteiger partial charge in [0.2, 0.25) is 0 Å². The number of ether oxygens (including phenoxy) is 3. The second kappa shape index (κ2) is 8.98. The second-order valence-corrected chi connectivity index (χ2v) is 7.10. The average Bonchev–Trinajstić information content (AvgIpc) is 2.52. The van der Waals surface area contributed by atoms with Crippen LogP contribution in [0.15, 0.2) is 22.8 Å². The van der Waals surface area contributed by atoms with Gasteiger partial charge in [-0.25, -0.2) is 14.4 Å². The lowest BCUT2D eigenvalue weighted by Crippen LogP contribution is -2.59. The Morgan fingerprint density at radius 1 is 1.08 bits per heavy atom. The molecule has 1 N–H and O–H groups in total. The van der Waals surface area contributed by atoms with Gasteiger partial charge in [0.05, 0.1) is 18.9 Å². The van der Waals surface area contributed by atoms with E-state index in [2.05, 4.69) is 26.2 Å². The van der Waals surface area contributed by atoms with E-state index in [1.807, 2.05) is 0 Å². The predicted molar refractivity (Wildman–Crippen MR) is 96.3 cm³/mol. The molecule has 0 aliphatic heterocycles. The molecule has 26 heavy (non-hydrogen) atoms. The van der Waals surface area contributed by atoms with E-state index < -0.39 is 29.2 Å². The first-order valence-corrected chi connectivity index (χ1v) is 8.83. The van der Waals surface area contributed by atoms with Gasteiger partial charge < -0.3 is 14.2 Å². The van der Waals surface area contributed by atoms with Crippen molar-refractivity contribution in [2.24, 2.45) is 0 Å². The molecule has 1 heterocycles. The van der Waals surface area contributed by atoms with Crippen LogP contribution in [0.3, 0.4) is 0 Å². The third kappa shape index (κ3) is 5.42. The Labute approximate surface area is 160 Å². The molecule has 1 aromatic heterocycles. The van der Waals surface area contributed by atoms with Gasteiger partial charge in [-0.1, -0.05) is 0 Å². The largest absolute Gasteiger partial charge is 0.463 e. The topological polar surface area (TPSA) is 104 Å². The maximum Gasteiger partial charge on any atom is 0.409 e. The number of rotatable bonds is 6. The van der Waals surface area contributed by atoms with Gasteiger partial charge in [0.25, 0.3) is 5.54 Å².